The summed E-state index contributed by atoms with van der Waals surface area (Å²) in [6, 6.07) is 42.6. The summed E-state index contributed by atoms with van der Waals surface area (Å²) < 4.78 is 9.22. The number of ether oxygens (including phenoxy) is 1. The molecule has 1 aliphatic heterocycles. The minimum absolute atomic E-state index is 0.0899. The first kappa shape index (κ1) is 28.7. The van der Waals surface area contributed by atoms with Gasteiger partial charge in [-0.3, -0.25) is 0 Å². The van der Waals surface area contributed by atoms with Crippen molar-refractivity contribution in [3.05, 3.63) is 132 Å². The van der Waals surface area contributed by atoms with E-state index in [2.05, 4.69) is 161 Å². The highest BCUT2D eigenvalue weighted by molar-refractivity contribution is 6.97. The van der Waals surface area contributed by atoms with Crippen LogP contribution in [0.25, 0.3) is 38.3 Å². The molecule has 226 valence electrons. The fraction of sp³-hybridized carbons (Fsp3) is 0.209. The summed E-state index contributed by atoms with van der Waals surface area (Å²) in [4.78, 5) is 0. The number of aromatic nitrogens is 1. The van der Waals surface area contributed by atoms with Crippen LogP contribution in [0.5, 0.6) is 11.5 Å². The van der Waals surface area contributed by atoms with E-state index in [1.165, 1.54) is 65.7 Å². The number of para-hydroxylation sites is 2. The molecule has 8 rings (SSSR count). The molecule has 0 saturated carbocycles. The molecule has 0 atom stereocenters. The SMILES string of the molecule is CC(C)c1cc(C(C)C)c(B2c3ccccc3Oc3cc(-n4c5ccccc5c5cc6ccccc6cc54)ccc32)c(C(C)C)c1. The Morgan fingerprint density at radius 3 is 1.87 bits per heavy atom. The Morgan fingerprint density at radius 2 is 1.15 bits per heavy atom. The first-order chi connectivity index (χ1) is 22.3. The Hall–Kier alpha value is -4.76. The topological polar surface area (TPSA) is 14.2 Å². The number of rotatable bonds is 5. The van der Waals surface area contributed by atoms with Gasteiger partial charge in [-0.15, -0.1) is 0 Å². The van der Waals surface area contributed by atoms with Crippen LogP contribution in [0.15, 0.2) is 115 Å². The summed E-state index contributed by atoms with van der Waals surface area (Å²) >= 11 is 0. The molecule has 0 saturated heterocycles. The number of nitrogens with zero attached hydrogens (tertiary/aromatic N) is 1. The van der Waals surface area contributed by atoms with Gasteiger partial charge in [0.2, 0.25) is 0 Å². The molecule has 0 radical (unpaired) electrons. The van der Waals surface area contributed by atoms with Crippen molar-refractivity contribution in [1.82, 2.24) is 4.57 Å². The van der Waals surface area contributed by atoms with Gasteiger partial charge in [0.25, 0.3) is 6.71 Å². The van der Waals surface area contributed by atoms with Crippen LogP contribution in [0.1, 0.15) is 76.0 Å². The van der Waals surface area contributed by atoms with Gasteiger partial charge in [-0.1, -0.05) is 126 Å². The quantitative estimate of drug-likeness (QED) is 0.180. The first-order valence-corrected chi connectivity index (χ1v) is 16.8. The molecule has 1 aliphatic rings. The van der Waals surface area contributed by atoms with E-state index in [0.29, 0.717) is 17.8 Å². The fourth-order valence-corrected chi connectivity index (χ4v) is 7.68. The van der Waals surface area contributed by atoms with Crippen molar-refractivity contribution in [2.24, 2.45) is 0 Å². The molecule has 0 amide bonds. The van der Waals surface area contributed by atoms with Gasteiger partial charge < -0.3 is 9.30 Å². The second-order valence-corrected chi connectivity index (χ2v) is 13.9. The minimum atomic E-state index is 0.0899. The molecular weight excluding hydrogens is 557 g/mol. The highest BCUT2D eigenvalue weighted by atomic mass is 16.5. The highest BCUT2D eigenvalue weighted by Crippen LogP contribution is 2.37. The zero-order chi connectivity index (χ0) is 31.7. The van der Waals surface area contributed by atoms with Gasteiger partial charge in [-0.05, 0) is 86.5 Å². The van der Waals surface area contributed by atoms with Crippen molar-refractivity contribution in [1.29, 1.82) is 0 Å². The lowest BCUT2D eigenvalue weighted by molar-refractivity contribution is 0.487. The van der Waals surface area contributed by atoms with Gasteiger partial charge in [-0.2, -0.15) is 0 Å². The summed E-state index contributed by atoms with van der Waals surface area (Å²) in [5.41, 5.74) is 11.8. The summed E-state index contributed by atoms with van der Waals surface area (Å²) in [7, 11) is 0. The number of benzene rings is 6. The van der Waals surface area contributed by atoms with Gasteiger partial charge in [-0.25, -0.2) is 0 Å². The Bertz CT molecular complexity index is 2260. The van der Waals surface area contributed by atoms with Crippen LogP contribution in [-0.4, -0.2) is 11.3 Å². The summed E-state index contributed by atoms with van der Waals surface area (Å²) in [5.74, 6) is 3.16. The Labute approximate surface area is 272 Å². The monoisotopic (exact) mass is 597 g/mol. The lowest BCUT2D eigenvalue weighted by Gasteiger charge is -2.32. The van der Waals surface area contributed by atoms with E-state index in [1.54, 1.807) is 0 Å². The molecule has 0 aliphatic carbocycles. The van der Waals surface area contributed by atoms with E-state index in [9.17, 15) is 0 Å². The largest absolute Gasteiger partial charge is 0.458 e. The van der Waals surface area contributed by atoms with Crippen LogP contribution < -0.4 is 21.1 Å². The Balaban J connectivity index is 1.39. The highest BCUT2D eigenvalue weighted by Gasteiger charge is 2.36. The Kier molecular flexibility index (Phi) is 6.83. The Morgan fingerprint density at radius 1 is 0.522 bits per heavy atom. The average Bonchev–Trinajstić information content (AvgIpc) is 3.38. The van der Waals surface area contributed by atoms with Crippen LogP contribution in [0.2, 0.25) is 0 Å². The maximum absolute atomic E-state index is 6.81. The van der Waals surface area contributed by atoms with Crippen LogP contribution in [0, 0.1) is 0 Å². The predicted molar refractivity (Wildman–Crippen MR) is 198 cm³/mol. The number of hydrogen-bond donors (Lipinski definition) is 0. The average molecular weight is 598 g/mol. The van der Waals surface area contributed by atoms with E-state index < -0.39 is 0 Å². The van der Waals surface area contributed by atoms with Gasteiger partial charge in [0.15, 0.2) is 0 Å². The van der Waals surface area contributed by atoms with E-state index in [-0.39, 0.29) is 6.71 Å². The molecule has 0 fully saturated rings. The second-order valence-electron chi connectivity index (χ2n) is 13.9. The molecule has 6 aromatic carbocycles. The van der Waals surface area contributed by atoms with Crippen LogP contribution in [-0.2, 0) is 0 Å². The standard InChI is InChI=1S/C43H40BNO/c1-26(2)31-22-34(27(3)4)43(35(23-31)28(5)6)44-37-16-10-12-18-41(37)46-42-25-32(19-20-38(42)44)45-39-17-11-9-15-33(39)36-21-29-13-7-8-14-30(29)24-40(36)45/h7-28H,1-6H3. The lowest BCUT2D eigenvalue weighted by atomic mass is 9.34. The summed E-state index contributed by atoms with van der Waals surface area (Å²) in [6.45, 7) is 14.1. The minimum Gasteiger partial charge on any atom is -0.458 e. The molecule has 7 aromatic rings. The lowest BCUT2D eigenvalue weighted by Crippen LogP contribution is -2.57. The third-order valence-electron chi connectivity index (χ3n) is 10.0. The van der Waals surface area contributed by atoms with E-state index in [1.807, 2.05) is 0 Å². The zero-order valence-electron chi connectivity index (χ0n) is 27.6. The maximum atomic E-state index is 6.81. The third kappa shape index (κ3) is 4.48. The van der Waals surface area contributed by atoms with Crippen LogP contribution >= 0.6 is 0 Å². The van der Waals surface area contributed by atoms with E-state index in [4.69, 9.17) is 4.74 Å². The van der Waals surface area contributed by atoms with Gasteiger partial charge >= 0.3 is 0 Å². The van der Waals surface area contributed by atoms with Gasteiger partial charge in [0.1, 0.15) is 11.5 Å². The van der Waals surface area contributed by atoms with Crippen LogP contribution in [0.3, 0.4) is 0 Å². The third-order valence-corrected chi connectivity index (χ3v) is 10.0. The van der Waals surface area contributed by atoms with Crippen molar-refractivity contribution in [2.45, 2.75) is 59.3 Å². The molecular formula is C43H40BNO. The molecule has 46 heavy (non-hydrogen) atoms. The van der Waals surface area contributed by atoms with Crippen molar-refractivity contribution < 1.29 is 4.74 Å². The predicted octanol–water partition coefficient (Wildman–Crippen LogP) is 9.93. The summed E-state index contributed by atoms with van der Waals surface area (Å²) in [5, 5.41) is 5.04. The molecule has 0 spiro atoms. The molecule has 3 heteroatoms. The van der Waals surface area contributed by atoms with Gasteiger partial charge in [0, 0.05) is 22.5 Å². The van der Waals surface area contributed by atoms with Crippen molar-refractivity contribution in [3.63, 3.8) is 0 Å². The van der Waals surface area contributed by atoms with Crippen molar-refractivity contribution in [3.8, 4) is 17.2 Å². The summed E-state index contributed by atoms with van der Waals surface area (Å²) in [6.07, 6.45) is 0. The van der Waals surface area contributed by atoms with E-state index >= 15 is 0 Å². The van der Waals surface area contributed by atoms with Crippen molar-refractivity contribution >= 4 is 55.7 Å². The maximum Gasteiger partial charge on any atom is 0.251 e. The molecule has 0 N–H and O–H groups in total. The number of fused-ring (bicyclic) bond motifs is 6. The molecule has 0 bridgehead atoms. The first-order valence-electron chi connectivity index (χ1n) is 16.8. The molecule has 2 heterocycles. The number of hydrogen-bond acceptors (Lipinski definition) is 1. The molecule has 2 nitrogen and oxygen atoms in total. The fourth-order valence-electron chi connectivity index (χ4n) is 7.68. The molecule has 0 unspecified atom stereocenters. The zero-order valence-corrected chi connectivity index (χ0v) is 27.6. The smallest absolute Gasteiger partial charge is 0.251 e. The van der Waals surface area contributed by atoms with E-state index in [0.717, 1.165) is 17.2 Å². The van der Waals surface area contributed by atoms with Gasteiger partial charge in [0.05, 0.1) is 11.0 Å². The molecule has 1 aromatic heterocycles. The van der Waals surface area contributed by atoms with Crippen molar-refractivity contribution in [2.75, 3.05) is 0 Å². The second kappa shape index (κ2) is 10.9. The normalized spacial score (nSPS) is 12.8. The van der Waals surface area contributed by atoms with Crippen LogP contribution in [0.4, 0.5) is 0 Å².